The van der Waals surface area contributed by atoms with Crippen LogP contribution in [-0.4, -0.2) is 16.7 Å². The fraction of sp³-hybridized carbons (Fsp3) is 0.562. The summed E-state index contributed by atoms with van der Waals surface area (Å²) in [4.78, 5) is 10.9. The molecule has 0 aromatic heterocycles. The predicted octanol–water partition coefficient (Wildman–Crippen LogP) is 3.76. The SMILES string of the molecule is CC(C)(C)c1cccc(OC2(CC(=O)O)CCC2)c1. The van der Waals surface area contributed by atoms with Gasteiger partial charge in [-0.1, -0.05) is 32.9 Å². The van der Waals surface area contributed by atoms with Gasteiger partial charge in [0.2, 0.25) is 0 Å². The van der Waals surface area contributed by atoms with E-state index in [1.165, 1.54) is 5.56 Å². The van der Waals surface area contributed by atoms with E-state index < -0.39 is 11.6 Å². The molecule has 0 heterocycles. The smallest absolute Gasteiger partial charge is 0.307 e. The first-order valence-electron chi connectivity index (χ1n) is 6.82. The number of benzene rings is 1. The Morgan fingerprint density at radius 1 is 1.37 bits per heavy atom. The van der Waals surface area contributed by atoms with Crippen molar-refractivity contribution in [2.75, 3.05) is 0 Å². The van der Waals surface area contributed by atoms with Crippen LogP contribution in [0, 0.1) is 0 Å². The number of aliphatic carboxylic acids is 1. The molecule has 0 unspecified atom stereocenters. The predicted molar refractivity (Wildman–Crippen MR) is 74.6 cm³/mol. The summed E-state index contributed by atoms with van der Waals surface area (Å²) >= 11 is 0. The van der Waals surface area contributed by atoms with E-state index in [2.05, 4.69) is 26.8 Å². The van der Waals surface area contributed by atoms with Gasteiger partial charge >= 0.3 is 5.97 Å². The largest absolute Gasteiger partial charge is 0.487 e. The minimum absolute atomic E-state index is 0.0684. The van der Waals surface area contributed by atoms with Crippen molar-refractivity contribution < 1.29 is 14.6 Å². The Balaban J connectivity index is 2.16. The minimum atomic E-state index is -0.785. The second-order valence-electron chi connectivity index (χ2n) is 6.49. The average molecular weight is 262 g/mol. The van der Waals surface area contributed by atoms with Gasteiger partial charge in [-0.15, -0.1) is 0 Å². The first kappa shape index (κ1) is 13.9. The van der Waals surface area contributed by atoms with Crippen LogP contribution in [-0.2, 0) is 10.2 Å². The molecule has 0 bridgehead atoms. The summed E-state index contributed by atoms with van der Waals surface area (Å²) in [6.45, 7) is 6.47. The molecule has 1 saturated carbocycles. The summed E-state index contributed by atoms with van der Waals surface area (Å²) in [6, 6.07) is 8.00. The molecule has 0 spiro atoms. The van der Waals surface area contributed by atoms with Crippen molar-refractivity contribution in [3.05, 3.63) is 29.8 Å². The molecule has 2 rings (SSSR count). The summed E-state index contributed by atoms with van der Waals surface area (Å²) in [6.07, 6.45) is 2.80. The topological polar surface area (TPSA) is 46.5 Å². The zero-order valence-corrected chi connectivity index (χ0v) is 11.9. The maximum absolute atomic E-state index is 10.9. The lowest BCUT2D eigenvalue weighted by Crippen LogP contribution is -2.45. The van der Waals surface area contributed by atoms with Crippen molar-refractivity contribution >= 4 is 5.97 Å². The molecule has 1 aliphatic carbocycles. The van der Waals surface area contributed by atoms with Gasteiger partial charge in [0.05, 0.1) is 6.42 Å². The monoisotopic (exact) mass is 262 g/mol. The lowest BCUT2D eigenvalue weighted by Gasteiger charge is -2.41. The highest BCUT2D eigenvalue weighted by Crippen LogP contribution is 2.40. The van der Waals surface area contributed by atoms with Crippen LogP contribution in [0.3, 0.4) is 0 Å². The van der Waals surface area contributed by atoms with Gasteiger partial charge in [-0.2, -0.15) is 0 Å². The molecule has 3 heteroatoms. The fourth-order valence-electron chi connectivity index (χ4n) is 2.44. The van der Waals surface area contributed by atoms with Crippen molar-refractivity contribution in [3.8, 4) is 5.75 Å². The van der Waals surface area contributed by atoms with E-state index in [1.54, 1.807) is 0 Å². The van der Waals surface area contributed by atoms with Crippen LogP contribution in [0.4, 0.5) is 0 Å². The standard InChI is InChI=1S/C16H22O3/c1-15(2,3)12-6-4-7-13(10-12)19-16(8-5-9-16)11-14(17)18/h4,6-7,10H,5,8-9,11H2,1-3H3,(H,17,18). The number of rotatable bonds is 4. The normalized spacial score (nSPS) is 17.6. The van der Waals surface area contributed by atoms with Gasteiger partial charge in [0.25, 0.3) is 0 Å². The number of hydrogen-bond acceptors (Lipinski definition) is 2. The van der Waals surface area contributed by atoms with E-state index in [0.717, 1.165) is 25.0 Å². The summed E-state index contributed by atoms with van der Waals surface area (Å²) < 4.78 is 6.00. The van der Waals surface area contributed by atoms with Crippen molar-refractivity contribution in [1.82, 2.24) is 0 Å². The summed E-state index contributed by atoms with van der Waals surface area (Å²) in [5, 5.41) is 9.00. The Hall–Kier alpha value is -1.51. The van der Waals surface area contributed by atoms with Crippen LogP contribution in [0.15, 0.2) is 24.3 Å². The van der Waals surface area contributed by atoms with Gasteiger partial charge in [0, 0.05) is 0 Å². The highest BCUT2D eigenvalue weighted by atomic mass is 16.5. The van der Waals surface area contributed by atoms with E-state index in [1.807, 2.05) is 18.2 Å². The third-order valence-electron chi connectivity index (χ3n) is 3.77. The van der Waals surface area contributed by atoms with E-state index >= 15 is 0 Å². The number of carbonyl (C=O) groups is 1. The number of hydrogen-bond donors (Lipinski definition) is 1. The van der Waals surface area contributed by atoms with Crippen LogP contribution in [0.1, 0.15) is 52.0 Å². The molecule has 0 amide bonds. The average Bonchev–Trinajstić information content (AvgIpc) is 2.24. The molecule has 1 aromatic rings. The van der Waals surface area contributed by atoms with Gasteiger partial charge in [-0.25, -0.2) is 0 Å². The molecular formula is C16H22O3. The first-order chi connectivity index (χ1) is 8.81. The Morgan fingerprint density at radius 2 is 2.05 bits per heavy atom. The van der Waals surface area contributed by atoms with E-state index in [9.17, 15) is 4.79 Å². The van der Waals surface area contributed by atoms with Crippen molar-refractivity contribution in [3.63, 3.8) is 0 Å². The van der Waals surface area contributed by atoms with Crippen LogP contribution < -0.4 is 4.74 Å². The van der Waals surface area contributed by atoms with Gasteiger partial charge < -0.3 is 9.84 Å². The highest BCUT2D eigenvalue weighted by molar-refractivity contribution is 5.68. The molecule has 1 N–H and O–H groups in total. The van der Waals surface area contributed by atoms with Gasteiger partial charge in [0.15, 0.2) is 0 Å². The number of carboxylic acids is 1. The lowest BCUT2D eigenvalue weighted by molar-refractivity contribution is -0.144. The third-order valence-corrected chi connectivity index (χ3v) is 3.77. The molecule has 19 heavy (non-hydrogen) atoms. The fourth-order valence-corrected chi connectivity index (χ4v) is 2.44. The second-order valence-corrected chi connectivity index (χ2v) is 6.49. The molecule has 1 fully saturated rings. The van der Waals surface area contributed by atoms with E-state index in [0.29, 0.717) is 0 Å². The number of ether oxygens (including phenoxy) is 1. The van der Waals surface area contributed by atoms with Crippen LogP contribution in [0.25, 0.3) is 0 Å². The highest BCUT2D eigenvalue weighted by Gasteiger charge is 2.41. The molecule has 0 radical (unpaired) electrons. The van der Waals surface area contributed by atoms with Crippen molar-refractivity contribution in [1.29, 1.82) is 0 Å². The van der Waals surface area contributed by atoms with Crippen LogP contribution in [0.5, 0.6) is 5.75 Å². The molecule has 0 saturated heterocycles. The second kappa shape index (κ2) is 4.87. The molecule has 104 valence electrons. The van der Waals surface area contributed by atoms with Gasteiger partial charge in [-0.05, 0) is 42.4 Å². The van der Waals surface area contributed by atoms with Gasteiger partial charge in [-0.3, -0.25) is 4.79 Å². The first-order valence-corrected chi connectivity index (χ1v) is 6.82. The maximum atomic E-state index is 10.9. The molecule has 1 aliphatic rings. The van der Waals surface area contributed by atoms with E-state index in [-0.39, 0.29) is 11.8 Å². The molecule has 0 atom stereocenters. The minimum Gasteiger partial charge on any atom is -0.487 e. The Kier molecular flexibility index (Phi) is 3.57. The Labute approximate surface area is 114 Å². The Bertz CT molecular complexity index is 467. The molecular weight excluding hydrogens is 240 g/mol. The third kappa shape index (κ3) is 3.28. The van der Waals surface area contributed by atoms with Crippen LogP contribution >= 0.6 is 0 Å². The zero-order valence-electron chi connectivity index (χ0n) is 11.9. The van der Waals surface area contributed by atoms with Crippen molar-refractivity contribution in [2.24, 2.45) is 0 Å². The van der Waals surface area contributed by atoms with Crippen LogP contribution in [0.2, 0.25) is 0 Å². The molecule has 1 aromatic carbocycles. The Morgan fingerprint density at radius 3 is 2.53 bits per heavy atom. The molecule has 3 nitrogen and oxygen atoms in total. The zero-order chi connectivity index (χ0) is 14.1. The number of carboxylic acid groups (broad SMARTS) is 1. The molecule has 0 aliphatic heterocycles. The van der Waals surface area contributed by atoms with Crippen molar-refractivity contribution in [2.45, 2.75) is 57.5 Å². The van der Waals surface area contributed by atoms with Gasteiger partial charge in [0.1, 0.15) is 11.4 Å². The quantitative estimate of drug-likeness (QED) is 0.898. The van der Waals surface area contributed by atoms with E-state index in [4.69, 9.17) is 9.84 Å². The summed E-state index contributed by atoms with van der Waals surface area (Å²) in [7, 11) is 0. The maximum Gasteiger partial charge on any atom is 0.307 e. The summed E-state index contributed by atoms with van der Waals surface area (Å²) in [5.74, 6) is 0.0000472. The lowest BCUT2D eigenvalue weighted by atomic mass is 9.77. The summed E-state index contributed by atoms with van der Waals surface area (Å²) in [5.41, 5.74) is 0.788.